The number of piperidine rings is 1. The number of hydrogen-bond donors (Lipinski definition) is 0. The van der Waals surface area contributed by atoms with E-state index in [-0.39, 0.29) is 42.3 Å². The lowest BCUT2D eigenvalue weighted by Crippen LogP contribution is -2.52. The van der Waals surface area contributed by atoms with Gasteiger partial charge >= 0.3 is 12.2 Å². The zero-order valence-electron chi connectivity index (χ0n) is 20.2. The van der Waals surface area contributed by atoms with Gasteiger partial charge in [-0.2, -0.15) is 18.2 Å². The van der Waals surface area contributed by atoms with Crippen molar-refractivity contribution in [1.29, 1.82) is 0 Å². The molecule has 2 aromatic carbocycles. The third kappa shape index (κ3) is 5.46. The number of ether oxygens (including phenoxy) is 1. The molecule has 0 bridgehead atoms. The number of carbonyl (C=O) groups excluding carboxylic acids is 1. The first kappa shape index (κ1) is 25.2. The first-order valence-electron chi connectivity index (χ1n) is 12.1. The summed E-state index contributed by atoms with van der Waals surface area (Å²) in [6, 6.07) is 9.90. The lowest BCUT2D eigenvalue weighted by molar-refractivity contribution is -0.138. The number of aryl methyl sites for hydroxylation is 1. The van der Waals surface area contributed by atoms with E-state index in [1.54, 1.807) is 21.9 Å². The molecule has 3 heterocycles. The van der Waals surface area contributed by atoms with E-state index in [4.69, 9.17) is 9.26 Å². The van der Waals surface area contributed by atoms with Gasteiger partial charge in [0.25, 0.3) is 0 Å². The molecule has 2 unspecified atom stereocenters. The van der Waals surface area contributed by atoms with Gasteiger partial charge in [0.15, 0.2) is 0 Å². The molecule has 1 aromatic heterocycles. The van der Waals surface area contributed by atoms with Gasteiger partial charge in [0, 0.05) is 37.7 Å². The van der Waals surface area contributed by atoms with Gasteiger partial charge in [0.2, 0.25) is 11.7 Å². The number of amides is 2. The topological polar surface area (TPSA) is 71.7 Å². The number of carbonyl (C=O) groups is 1. The van der Waals surface area contributed by atoms with E-state index in [2.05, 4.69) is 10.1 Å². The second-order valence-electron chi connectivity index (χ2n) is 9.46. The molecule has 7 nitrogen and oxygen atoms in total. The Balaban J connectivity index is 1.46. The second-order valence-corrected chi connectivity index (χ2v) is 9.46. The average Bonchev–Trinajstić information content (AvgIpc) is 3.39. The molecule has 2 aliphatic rings. The van der Waals surface area contributed by atoms with Crippen LogP contribution < -0.4 is 0 Å². The first-order chi connectivity index (χ1) is 17.7. The van der Waals surface area contributed by atoms with E-state index < -0.39 is 23.5 Å². The lowest BCUT2D eigenvalue weighted by atomic mass is 9.83. The molecule has 2 fully saturated rings. The van der Waals surface area contributed by atoms with E-state index in [0.29, 0.717) is 43.9 Å². The van der Waals surface area contributed by atoms with E-state index in [1.807, 2.05) is 0 Å². The molecular formula is C26H26F4N4O3. The van der Waals surface area contributed by atoms with Crippen molar-refractivity contribution in [3.63, 3.8) is 0 Å². The molecule has 11 heteroatoms. The Morgan fingerprint density at radius 1 is 1.03 bits per heavy atom. The largest absolute Gasteiger partial charge is 0.416 e. The van der Waals surface area contributed by atoms with Crippen LogP contribution in [0.1, 0.15) is 40.8 Å². The molecule has 2 atom stereocenters. The highest BCUT2D eigenvalue weighted by Crippen LogP contribution is 2.39. The molecule has 0 saturated carbocycles. The molecule has 37 heavy (non-hydrogen) atoms. The van der Waals surface area contributed by atoms with Crippen molar-refractivity contribution in [3.8, 4) is 11.4 Å². The second kappa shape index (κ2) is 10.1. The minimum Gasteiger partial charge on any atom is -0.378 e. The third-order valence-electron chi connectivity index (χ3n) is 6.91. The van der Waals surface area contributed by atoms with E-state index in [1.165, 1.54) is 37.3 Å². The number of nitrogens with zero attached hydrogens (tertiary/aromatic N) is 4. The van der Waals surface area contributed by atoms with Crippen molar-refractivity contribution in [2.24, 2.45) is 0 Å². The number of morpholine rings is 1. The third-order valence-corrected chi connectivity index (χ3v) is 6.91. The zero-order valence-corrected chi connectivity index (χ0v) is 20.2. The summed E-state index contributed by atoms with van der Waals surface area (Å²) in [4.78, 5) is 21.1. The van der Waals surface area contributed by atoms with Gasteiger partial charge in [-0.3, -0.25) is 0 Å². The smallest absolute Gasteiger partial charge is 0.378 e. The van der Waals surface area contributed by atoms with Crippen LogP contribution >= 0.6 is 0 Å². The van der Waals surface area contributed by atoms with Gasteiger partial charge < -0.3 is 19.1 Å². The Morgan fingerprint density at radius 2 is 1.78 bits per heavy atom. The highest BCUT2D eigenvalue weighted by Gasteiger charge is 2.38. The number of benzene rings is 2. The maximum absolute atomic E-state index is 13.7. The highest BCUT2D eigenvalue weighted by atomic mass is 19.4. The number of likely N-dealkylation sites (tertiary alicyclic amines) is 1. The van der Waals surface area contributed by atoms with Crippen LogP contribution in [0, 0.1) is 12.7 Å². The highest BCUT2D eigenvalue weighted by molar-refractivity contribution is 5.75. The summed E-state index contributed by atoms with van der Waals surface area (Å²) >= 11 is 0. The van der Waals surface area contributed by atoms with Gasteiger partial charge in [0.1, 0.15) is 5.82 Å². The van der Waals surface area contributed by atoms with Gasteiger partial charge in [-0.15, -0.1) is 0 Å². The molecule has 0 spiro atoms. The molecule has 2 aliphatic heterocycles. The van der Waals surface area contributed by atoms with Crippen molar-refractivity contribution >= 4 is 6.03 Å². The Hall–Kier alpha value is -3.47. The fourth-order valence-electron chi connectivity index (χ4n) is 4.98. The number of hydrogen-bond acceptors (Lipinski definition) is 5. The zero-order chi connectivity index (χ0) is 26.2. The summed E-state index contributed by atoms with van der Waals surface area (Å²) in [7, 11) is 0. The summed E-state index contributed by atoms with van der Waals surface area (Å²) in [5.74, 6) is -0.767. The monoisotopic (exact) mass is 518 g/mol. The number of alkyl halides is 3. The van der Waals surface area contributed by atoms with Crippen LogP contribution in [0.5, 0.6) is 0 Å². The van der Waals surface area contributed by atoms with Crippen molar-refractivity contribution in [2.45, 2.75) is 31.4 Å². The molecule has 2 amide bonds. The maximum Gasteiger partial charge on any atom is 0.416 e. The minimum absolute atomic E-state index is 0.140. The van der Waals surface area contributed by atoms with Crippen LogP contribution in [-0.2, 0) is 10.9 Å². The van der Waals surface area contributed by atoms with E-state index in [0.717, 1.165) is 0 Å². The molecule has 0 aliphatic carbocycles. The number of aromatic nitrogens is 2. The minimum atomic E-state index is -4.48. The predicted octanol–water partition coefficient (Wildman–Crippen LogP) is 5.23. The maximum atomic E-state index is 13.7. The molecule has 0 radical (unpaired) electrons. The van der Waals surface area contributed by atoms with Crippen molar-refractivity contribution < 1.29 is 31.6 Å². The van der Waals surface area contributed by atoms with E-state index in [9.17, 15) is 22.4 Å². The molecule has 5 rings (SSSR count). The Labute approximate surface area is 211 Å². The standard InChI is InChI=1S/C26H26F4N4O3/c1-16-5-6-17(13-22(16)26(28,29)30)19-11-20(15-34(14-19)25(35)33-7-9-36-10-8-33)24-31-23(32-37-24)18-3-2-4-21(27)12-18/h2-6,12-13,19-20H,7-11,14-15H2,1H3. The summed E-state index contributed by atoms with van der Waals surface area (Å²) in [6.45, 7) is 3.71. The van der Waals surface area contributed by atoms with Crippen LogP contribution in [0.4, 0.5) is 22.4 Å². The Morgan fingerprint density at radius 3 is 2.51 bits per heavy atom. The SMILES string of the molecule is Cc1ccc(C2CC(c3nc(-c4cccc(F)c4)no3)CN(C(=O)N3CCOCC3)C2)cc1C(F)(F)F. The molecule has 3 aromatic rings. The van der Waals surface area contributed by atoms with Crippen LogP contribution in [-0.4, -0.2) is 65.4 Å². The van der Waals surface area contributed by atoms with Gasteiger partial charge in [-0.1, -0.05) is 29.4 Å². The molecule has 196 valence electrons. The number of halogens is 4. The van der Waals surface area contributed by atoms with Crippen LogP contribution in [0.3, 0.4) is 0 Å². The van der Waals surface area contributed by atoms with Crippen molar-refractivity contribution in [1.82, 2.24) is 19.9 Å². The fourth-order valence-corrected chi connectivity index (χ4v) is 4.98. The molecular weight excluding hydrogens is 492 g/mol. The Kier molecular flexibility index (Phi) is 6.89. The summed E-state index contributed by atoms with van der Waals surface area (Å²) in [5, 5.41) is 3.99. The van der Waals surface area contributed by atoms with E-state index >= 15 is 0 Å². The lowest BCUT2D eigenvalue weighted by Gasteiger charge is -2.40. The summed E-state index contributed by atoms with van der Waals surface area (Å²) < 4.78 is 65.5. The Bertz CT molecular complexity index is 1270. The van der Waals surface area contributed by atoms with Gasteiger partial charge in [0.05, 0.1) is 24.7 Å². The summed E-state index contributed by atoms with van der Waals surface area (Å²) in [6.07, 6.45) is -4.07. The van der Waals surface area contributed by atoms with Crippen LogP contribution in [0.2, 0.25) is 0 Å². The van der Waals surface area contributed by atoms with Gasteiger partial charge in [-0.05, 0) is 42.7 Å². The quantitative estimate of drug-likeness (QED) is 0.444. The fraction of sp³-hybridized carbons (Fsp3) is 0.423. The number of rotatable bonds is 3. The first-order valence-corrected chi connectivity index (χ1v) is 12.1. The van der Waals surface area contributed by atoms with Crippen molar-refractivity contribution in [3.05, 3.63) is 70.9 Å². The average molecular weight is 519 g/mol. The number of urea groups is 1. The molecule has 2 saturated heterocycles. The van der Waals surface area contributed by atoms with Crippen LogP contribution in [0.25, 0.3) is 11.4 Å². The van der Waals surface area contributed by atoms with Crippen molar-refractivity contribution in [2.75, 3.05) is 39.4 Å². The van der Waals surface area contributed by atoms with Gasteiger partial charge in [-0.25, -0.2) is 9.18 Å². The molecule has 0 N–H and O–H groups in total. The predicted molar refractivity (Wildman–Crippen MR) is 125 cm³/mol. The van der Waals surface area contributed by atoms with Crippen LogP contribution in [0.15, 0.2) is 47.0 Å². The summed E-state index contributed by atoms with van der Waals surface area (Å²) in [5.41, 5.74) is 0.384. The normalized spacial score (nSPS) is 20.8.